The van der Waals surface area contributed by atoms with E-state index in [0.29, 0.717) is 28.9 Å². The Morgan fingerprint density at radius 2 is 2.24 bits per heavy atom. The van der Waals surface area contributed by atoms with Crippen LogP contribution in [0.1, 0.15) is 0 Å². The normalized spacial score (nSPS) is 10.3. The summed E-state index contributed by atoms with van der Waals surface area (Å²) in [7, 11) is 1.59. The maximum Gasteiger partial charge on any atom is 0.230 e. The zero-order valence-corrected chi connectivity index (χ0v) is 11.7. The van der Waals surface area contributed by atoms with E-state index in [2.05, 4.69) is 5.32 Å². The number of benzene rings is 1. The highest BCUT2D eigenvalue weighted by Crippen LogP contribution is 2.29. The lowest BCUT2D eigenvalue weighted by molar-refractivity contribution is -0.118. The smallest absolute Gasteiger partial charge is 0.230 e. The lowest BCUT2D eigenvalue weighted by Gasteiger charge is -2.06. The zero-order valence-electron chi connectivity index (χ0n) is 9.33. The summed E-state index contributed by atoms with van der Waals surface area (Å²) in [5, 5.41) is 3.94. The molecule has 0 aliphatic carbocycles. The molecule has 1 amide bonds. The van der Waals surface area contributed by atoms with Gasteiger partial charge in [-0.3, -0.25) is 4.79 Å². The fraction of sp³-hybridized carbons (Fsp3) is 0.364. The summed E-state index contributed by atoms with van der Waals surface area (Å²) in [6, 6.07) is 5.18. The molecule has 17 heavy (non-hydrogen) atoms. The summed E-state index contributed by atoms with van der Waals surface area (Å²) >= 11 is 13.2. The third-order valence-electron chi connectivity index (χ3n) is 1.88. The van der Waals surface area contributed by atoms with Gasteiger partial charge in [0.05, 0.1) is 17.4 Å². The zero-order chi connectivity index (χ0) is 12.7. The third-order valence-corrected chi connectivity index (χ3v) is 3.61. The van der Waals surface area contributed by atoms with Crippen molar-refractivity contribution in [2.45, 2.75) is 4.90 Å². The van der Waals surface area contributed by atoms with E-state index in [1.807, 2.05) is 0 Å². The molecule has 0 aliphatic rings. The molecule has 1 aromatic rings. The van der Waals surface area contributed by atoms with Gasteiger partial charge >= 0.3 is 0 Å². The van der Waals surface area contributed by atoms with Crippen molar-refractivity contribution >= 4 is 40.9 Å². The molecule has 1 aromatic carbocycles. The lowest BCUT2D eigenvalue weighted by Crippen LogP contribution is -2.28. The molecule has 1 rings (SSSR count). The minimum atomic E-state index is -0.0527. The molecule has 0 spiro atoms. The van der Waals surface area contributed by atoms with Gasteiger partial charge in [-0.2, -0.15) is 0 Å². The van der Waals surface area contributed by atoms with Crippen LogP contribution in [0, 0.1) is 0 Å². The van der Waals surface area contributed by atoms with E-state index in [-0.39, 0.29) is 5.91 Å². The molecule has 0 fully saturated rings. The van der Waals surface area contributed by atoms with Gasteiger partial charge in [0.2, 0.25) is 5.91 Å². The maximum atomic E-state index is 11.4. The summed E-state index contributed by atoms with van der Waals surface area (Å²) in [5.74, 6) is 0.257. The van der Waals surface area contributed by atoms with Gasteiger partial charge in [-0.05, 0) is 18.2 Å². The molecule has 3 nitrogen and oxygen atoms in total. The number of amides is 1. The molecule has 6 heteroatoms. The van der Waals surface area contributed by atoms with E-state index in [9.17, 15) is 4.79 Å². The fourth-order valence-electron chi connectivity index (χ4n) is 1.07. The summed E-state index contributed by atoms with van der Waals surface area (Å²) in [6.45, 7) is 1.02. The second-order valence-electron chi connectivity index (χ2n) is 3.21. The SMILES string of the molecule is COCCNC(=O)CSc1cc(Cl)ccc1Cl. The molecule has 94 valence electrons. The second-order valence-corrected chi connectivity index (χ2v) is 5.07. The molecule has 0 saturated heterocycles. The van der Waals surface area contributed by atoms with Gasteiger partial charge < -0.3 is 10.1 Å². The number of rotatable bonds is 6. The van der Waals surface area contributed by atoms with Crippen molar-refractivity contribution in [2.75, 3.05) is 26.0 Å². The Morgan fingerprint density at radius 3 is 2.94 bits per heavy atom. The minimum absolute atomic E-state index is 0.0527. The molecule has 0 bridgehead atoms. The monoisotopic (exact) mass is 293 g/mol. The molecular formula is C11H13Cl2NO2S. The molecular weight excluding hydrogens is 281 g/mol. The lowest BCUT2D eigenvalue weighted by atomic mass is 10.4. The van der Waals surface area contributed by atoms with Gasteiger partial charge in [0.1, 0.15) is 0 Å². The van der Waals surface area contributed by atoms with E-state index in [0.717, 1.165) is 4.90 Å². The first-order valence-electron chi connectivity index (χ1n) is 4.97. The van der Waals surface area contributed by atoms with E-state index in [1.54, 1.807) is 25.3 Å². The van der Waals surface area contributed by atoms with E-state index < -0.39 is 0 Å². The van der Waals surface area contributed by atoms with Crippen LogP contribution in [0.5, 0.6) is 0 Å². The highest BCUT2D eigenvalue weighted by Gasteiger charge is 2.06. The number of thioether (sulfide) groups is 1. The largest absolute Gasteiger partial charge is 0.383 e. The first-order valence-corrected chi connectivity index (χ1v) is 6.71. The number of carbonyl (C=O) groups is 1. The molecule has 0 saturated carbocycles. The standard InChI is InChI=1S/C11H13Cl2NO2S/c1-16-5-4-14-11(15)7-17-10-6-8(12)2-3-9(10)13/h2-3,6H,4-5,7H2,1H3,(H,14,15). The molecule has 1 N–H and O–H groups in total. The fourth-order valence-corrected chi connectivity index (χ4v) is 2.40. The minimum Gasteiger partial charge on any atom is -0.383 e. The van der Waals surface area contributed by atoms with Crippen LogP contribution in [0.15, 0.2) is 23.1 Å². The third kappa shape index (κ3) is 5.64. The second kappa shape index (κ2) is 7.82. The number of halogens is 2. The summed E-state index contributed by atoms with van der Waals surface area (Å²) < 4.78 is 4.83. The first-order chi connectivity index (χ1) is 8.13. The van der Waals surface area contributed by atoms with Gasteiger partial charge in [-0.1, -0.05) is 23.2 Å². The highest BCUT2D eigenvalue weighted by atomic mass is 35.5. The van der Waals surface area contributed by atoms with Crippen molar-refractivity contribution in [1.82, 2.24) is 5.32 Å². The Bertz CT molecular complexity index is 388. The first kappa shape index (κ1) is 14.6. The van der Waals surface area contributed by atoms with Crippen LogP contribution in [0.4, 0.5) is 0 Å². The Hall–Kier alpha value is -0.420. The quantitative estimate of drug-likeness (QED) is 0.647. The Labute approximate surface area is 115 Å². The Kier molecular flexibility index (Phi) is 6.73. The molecule has 0 radical (unpaired) electrons. The predicted octanol–water partition coefficient (Wildman–Crippen LogP) is 2.85. The summed E-state index contributed by atoms with van der Waals surface area (Å²) in [5.41, 5.74) is 0. The van der Waals surface area contributed by atoms with Gasteiger partial charge in [0.15, 0.2) is 0 Å². The van der Waals surface area contributed by atoms with Crippen LogP contribution in [0.2, 0.25) is 10.0 Å². The van der Waals surface area contributed by atoms with Crippen molar-refractivity contribution in [3.05, 3.63) is 28.2 Å². The molecule has 0 aliphatic heterocycles. The van der Waals surface area contributed by atoms with Crippen molar-refractivity contribution in [3.63, 3.8) is 0 Å². The molecule has 0 atom stereocenters. The van der Waals surface area contributed by atoms with Gasteiger partial charge in [0, 0.05) is 23.6 Å². The highest BCUT2D eigenvalue weighted by molar-refractivity contribution is 8.00. The van der Waals surface area contributed by atoms with Crippen LogP contribution in [0.25, 0.3) is 0 Å². The van der Waals surface area contributed by atoms with Gasteiger partial charge in [-0.15, -0.1) is 11.8 Å². The molecule has 0 unspecified atom stereocenters. The number of ether oxygens (including phenoxy) is 1. The van der Waals surface area contributed by atoms with Crippen molar-refractivity contribution in [2.24, 2.45) is 0 Å². The van der Waals surface area contributed by atoms with E-state index in [4.69, 9.17) is 27.9 Å². The number of nitrogens with one attached hydrogen (secondary N) is 1. The average Bonchev–Trinajstić information content (AvgIpc) is 2.31. The van der Waals surface area contributed by atoms with Crippen molar-refractivity contribution in [1.29, 1.82) is 0 Å². The van der Waals surface area contributed by atoms with Crippen molar-refractivity contribution < 1.29 is 9.53 Å². The topological polar surface area (TPSA) is 38.3 Å². The Balaban J connectivity index is 2.39. The van der Waals surface area contributed by atoms with Crippen LogP contribution >= 0.6 is 35.0 Å². The van der Waals surface area contributed by atoms with Crippen LogP contribution in [-0.4, -0.2) is 31.9 Å². The summed E-state index contributed by atoms with van der Waals surface area (Å²) in [4.78, 5) is 12.2. The molecule has 0 aromatic heterocycles. The van der Waals surface area contributed by atoms with Crippen LogP contribution in [0.3, 0.4) is 0 Å². The maximum absolute atomic E-state index is 11.4. The number of hydrogen-bond acceptors (Lipinski definition) is 3. The number of carbonyl (C=O) groups excluding carboxylic acids is 1. The number of methoxy groups -OCH3 is 1. The van der Waals surface area contributed by atoms with E-state index >= 15 is 0 Å². The van der Waals surface area contributed by atoms with E-state index in [1.165, 1.54) is 11.8 Å². The van der Waals surface area contributed by atoms with Crippen LogP contribution < -0.4 is 5.32 Å². The Morgan fingerprint density at radius 1 is 1.47 bits per heavy atom. The van der Waals surface area contributed by atoms with Crippen LogP contribution in [-0.2, 0) is 9.53 Å². The van der Waals surface area contributed by atoms with Gasteiger partial charge in [-0.25, -0.2) is 0 Å². The predicted molar refractivity (Wildman–Crippen MR) is 72.1 cm³/mol. The van der Waals surface area contributed by atoms with Gasteiger partial charge in [0.25, 0.3) is 0 Å². The average molecular weight is 294 g/mol. The van der Waals surface area contributed by atoms with Crippen molar-refractivity contribution in [3.8, 4) is 0 Å². The summed E-state index contributed by atoms with van der Waals surface area (Å²) in [6.07, 6.45) is 0. The number of hydrogen-bond donors (Lipinski definition) is 1. The molecule has 0 heterocycles.